The van der Waals surface area contributed by atoms with Crippen LogP contribution >= 0.6 is 0 Å². The van der Waals surface area contributed by atoms with E-state index < -0.39 is 18.0 Å². The van der Waals surface area contributed by atoms with Crippen LogP contribution in [-0.4, -0.2) is 67.1 Å². The van der Waals surface area contributed by atoms with Crippen molar-refractivity contribution < 1.29 is 28.7 Å². The number of imide groups is 1. The molecular formula is C25H24BN3O6. The minimum absolute atomic E-state index is 0.0285. The molecule has 9 nitrogen and oxygen atoms in total. The van der Waals surface area contributed by atoms with Gasteiger partial charge in [0.25, 0.3) is 5.91 Å². The van der Waals surface area contributed by atoms with Gasteiger partial charge in [-0.05, 0) is 29.7 Å². The summed E-state index contributed by atoms with van der Waals surface area (Å²) in [4.78, 5) is 52.0. The molecule has 2 atom stereocenters. The molecule has 3 aliphatic heterocycles. The van der Waals surface area contributed by atoms with Crippen molar-refractivity contribution in [3.05, 3.63) is 64.7 Å². The van der Waals surface area contributed by atoms with Gasteiger partial charge in [0.2, 0.25) is 17.7 Å². The normalized spacial score (nSPS) is 21.1. The Morgan fingerprint density at radius 1 is 1.11 bits per heavy atom. The van der Waals surface area contributed by atoms with Crippen LogP contribution in [0.5, 0.6) is 5.75 Å². The number of nitrogens with one attached hydrogen (secondary N) is 1. The number of hydrogen-bond acceptors (Lipinski definition) is 6. The van der Waals surface area contributed by atoms with E-state index in [0.717, 1.165) is 11.1 Å². The van der Waals surface area contributed by atoms with Crippen LogP contribution in [0.25, 0.3) is 0 Å². The van der Waals surface area contributed by atoms with Gasteiger partial charge in [-0.15, -0.1) is 0 Å². The van der Waals surface area contributed by atoms with Gasteiger partial charge in [0, 0.05) is 30.6 Å². The Kier molecular flexibility index (Phi) is 6.30. The van der Waals surface area contributed by atoms with Crippen LogP contribution < -0.4 is 10.1 Å². The van der Waals surface area contributed by atoms with Gasteiger partial charge in [-0.2, -0.15) is 0 Å². The van der Waals surface area contributed by atoms with Crippen LogP contribution in [0.15, 0.2) is 42.5 Å². The molecule has 0 saturated carbocycles. The van der Waals surface area contributed by atoms with Gasteiger partial charge < -0.3 is 19.3 Å². The SMILES string of the molecule is [B]C(Oc1cccc2c1CN(C1CCC(=O)NC1=O)C2=O)c1ccc(CN2CCOCC2=O)cc1. The number of benzene rings is 2. The molecule has 0 aliphatic carbocycles. The van der Waals surface area contributed by atoms with Gasteiger partial charge >= 0.3 is 0 Å². The fourth-order valence-corrected chi connectivity index (χ4v) is 4.62. The average Bonchev–Trinajstić information content (AvgIpc) is 3.18. The first kappa shape index (κ1) is 23.1. The predicted molar refractivity (Wildman–Crippen MR) is 124 cm³/mol. The van der Waals surface area contributed by atoms with Gasteiger partial charge in [-0.1, -0.05) is 30.3 Å². The summed E-state index contributed by atoms with van der Waals surface area (Å²) in [5.74, 6) is -0.607. The first-order valence-electron chi connectivity index (χ1n) is 11.5. The first-order valence-corrected chi connectivity index (χ1v) is 11.5. The highest BCUT2D eigenvalue weighted by Gasteiger charge is 2.40. The summed E-state index contributed by atoms with van der Waals surface area (Å²) < 4.78 is 11.2. The Balaban J connectivity index is 1.27. The van der Waals surface area contributed by atoms with Crippen molar-refractivity contribution >= 4 is 31.5 Å². The molecule has 3 heterocycles. The van der Waals surface area contributed by atoms with Gasteiger partial charge in [0.1, 0.15) is 26.2 Å². The summed E-state index contributed by atoms with van der Waals surface area (Å²) >= 11 is 0. The van der Waals surface area contributed by atoms with E-state index in [1.807, 2.05) is 24.3 Å². The van der Waals surface area contributed by atoms with Crippen molar-refractivity contribution in [2.75, 3.05) is 19.8 Å². The average molecular weight is 473 g/mol. The lowest BCUT2D eigenvalue weighted by molar-refractivity contribution is -0.143. The first-order chi connectivity index (χ1) is 16.9. The predicted octanol–water partition coefficient (Wildman–Crippen LogP) is 1.05. The molecule has 0 aromatic heterocycles. The molecule has 1 N–H and O–H groups in total. The van der Waals surface area contributed by atoms with Crippen LogP contribution in [0.1, 0.15) is 45.9 Å². The van der Waals surface area contributed by atoms with E-state index in [0.29, 0.717) is 43.0 Å². The topological polar surface area (TPSA) is 105 Å². The lowest BCUT2D eigenvalue weighted by atomic mass is 9.91. The highest BCUT2D eigenvalue weighted by Crippen LogP contribution is 2.35. The van der Waals surface area contributed by atoms with Crippen molar-refractivity contribution in [1.82, 2.24) is 15.1 Å². The fraction of sp³-hybridized carbons (Fsp3) is 0.360. The van der Waals surface area contributed by atoms with Gasteiger partial charge in [0.05, 0.1) is 19.2 Å². The van der Waals surface area contributed by atoms with E-state index in [4.69, 9.17) is 17.3 Å². The number of carbonyl (C=O) groups excluding carboxylic acids is 4. The monoisotopic (exact) mass is 473 g/mol. The minimum Gasteiger partial charge on any atom is -0.496 e. The second kappa shape index (κ2) is 9.54. The Morgan fingerprint density at radius 3 is 2.66 bits per heavy atom. The van der Waals surface area contributed by atoms with Gasteiger partial charge in [0.15, 0.2) is 0 Å². The molecule has 2 aromatic carbocycles. The molecule has 0 bridgehead atoms. The van der Waals surface area contributed by atoms with Crippen LogP contribution in [0.3, 0.4) is 0 Å². The lowest BCUT2D eigenvalue weighted by Gasteiger charge is -2.29. The zero-order valence-electron chi connectivity index (χ0n) is 19.1. The van der Waals surface area contributed by atoms with Crippen LogP contribution in [-0.2, 0) is 32.2 Å². The Bertz CT molecular complexity index is 1180. The molecule has 35 heavy (non-hydrogen) atoms. The molecule has 2 radical (unpaired) electrons. The van der Waals surface area contributed by atoms with Crippen LogP contribution in [0.4, 0.5) is 0 Å². The second-order valence-corrected chi connectivity index (χ2v) is 8.83. The number of hydrogen-bond donors (Lipinski definition) is 1. The molecule has 2 aromatic rings. The maximum Gasteiger partial charge on any atom is 0.255 e. The van der Waals surface area contributed by atoms with Crippen molar-refractivity contribution in [3.63, 3.8) is 0 Å². The number of rotatable bonds is 6. The summed E-state index contributed by atoms with van der Waals surface area (Å²) in [5, 5.41) is 2.30. The van der Waals surface area contributed by atoms with E-state index in [2.05, 4.69) is 5.32 Å². The smallest absolute Gasteiger partial charge is 0.255 e. The standard InChI is InChI=1S/C25H24BN3O6/c26-23(16-6-4-15(5-7-16)12-28-10-11-34-14-22(28)31)35-20-3-1-2-17-18(20)13-29(25(17)33)19-8-9-21(30)27-24(19)32/h1-7,19,23H,8-14H2,(H,27,30,32). The molecule has 2 unspecified atom stereocenters. The summed E-state index contributed by atoms with van der Waals surface area (Å²) in [6.07, 6.45) is 0.489. The molecule has 2 fully saturated rings. The van der Waals surface area contributed by atoms with E-state index in [9.17, 15) is 19.2 Å². The number of amides is 4. The Hall–Kier alpha value is -3.66. The molecule has 3 aliphatic rings. The number of nitrogens with zero attached hydrogens (tertiary/aromatic N) is 2. The van der Waals surface area contributed by atoms with Crippen molar-refractivity contribution in [3.8, 4) is 5.75 Å². The van der Waals surface area contributed by atoms with E-state index >= 15 is 0 Å². The maximum absolute atomic E-state index is 13.0. The van der Waals surface area contributed by atoms with Crippen LogP contribution in [0.2, 0.25) is 0 Å². The Labute approximate surface area is 203 Å². The van der Waals surface area contributed by atoms with Gasteiger partial charge in [-0.3, -0.25) is 24.5 Å². The largest absolute Gasteiger partial charge is 0.496 e. The third-order valence-corrected chi connectivity index (χ3v) is 6.56. The second-order valence-electron chi connectivity index (χ2n) is 8.83. The summed E-state index contributed by atoms with van der Waals surface area (Å²) in [6, 6.07) is 11.2. The molecule has 10 heteroatoms. The van der Waals surface area contributed by atoms with E-state index in [1.54, 1.807) is 23.1 Å². The Morgan fingerprint density at radius 2 is 1.91 bits per heavy atom. The quantitative estimate of drug-likeness (QED) is 0.497. The zero-order chi connectivity index (χ0) is 24.5. The fourth-order valence-electron chi connectivity index (χ4n) is 4.62. The third kappa shape index (κ3) is 4.66. The molecular weight excluding hydrogens is 449 g/mol. The maximum atomic E-state index is 13.0. The number of fused-ring (bicyclic) bond motifs is 1. The molecule has 4 amide bonds. The van der Waals surface area contributed by atoms with Crippen molar-refractivity contribution in [2.24, 2.45) is 0 Å². The number of piperidine rings is 1. The minimum atomic E-state index is -0.777. The highest BCUT2D eigenvalue weighted by molar-refractivity contribution is 6.11. The molecule has 178 valence electrons. The number of morpholine rings is 1. The van der Waals surface area contributed by atoms with E-state index in [-0.39, 0.29) is 37.3 Å². The lowest BCUT2D eigenvalue weighted by Crippen LogP contribution is -2.52. The molecule has 5 rings (SSSR count). The van der Waals surface area contributed by atoms with Crippen molar-refractivity contribution in [1.29, 1.82) is 0 Å². The summed E-state index contributed by atoms with van der Waals surface area (Å²) in [7, 11) is 6.32. The zero-order valence-corrected chi connectivity index (χ0v) is 19.1. The summed E-state index contributed by atoms with van der Waals surface area (Å²) in [6.45, 7) is 1.92. The molecule has 2 saturated heterocycles. The third-order valence-electron chi connectivity index (χ3n) is 6.56. The highest BCUT2D eigenvalue weighted by atomic mass is 16.5. The van der Waals surface area contributed by atoms with Crippen molar-refractivity contribution in [2.45, 2.75) is 38.0 Å². The number of ether oxygens (including phenoxy) is 2. The van der Waals surface area contributed by atoms with Crippen LogP contribution in [0, 0.1) is 0 Å². The number of carbonyl (C=O) groups is 4. The van der Waals surface area contributed by atoms with Gasteiger partial charge in [-0.25, -0.2) is 0 Å². The van der Waals surface area contributed by atoms with E-state index in [1.165, 1.54) is 4.90 Å². The summed E-state index contributed by atoms with van der Waals surface area (Å²) in [5.41, 5.74) is 2.85. The molecule has 0 spiro atoms.